The quantitative estimate of drug-likeness (QED) is 0.543. The van der Waals surface area contributed by atoms with Crippen LogP contribution in [-0.4, -0.2) is 53.1 Å². The van der Waals surface area contributed by atoms with Crippen LogP contribution in [0.2, 0.25) is 0 Å². The highest BCUT2D eigenvalue weighted by atomic mass is 32.2. The number of nitrogens with one attached hydrogen (secondary N) is 1. The van der Waals surface area contributed by atoms with Crippen molar-refractivity contribution < 1.29 is 13.2 Å². The van der Waals surface area contributed by atoms with Crippen molar-refractivity contribution in [2.75, 3.05) is 19.6 Å². The molecule has 0 radical (unpaired) electrons. The summed E-state index contributed by atoms with van der Waals surface area (Å²) in [4.78, 5) is 31.1. The van der Waals surface area contributed by atoms with Crippen LogP contribution < -0.4 is 10.9 Å². The van der Waals surface area contributed by atoms with Crippen LogP contribution >= 0.6 is 11.8 Å². The molecule has 2 saturated heterocycles. The normalized spacial score (nSPS) is 19.8. The topological polar surface area (TPSA) is 101 Å². The molecule has 2 aliphatic rings. The lowest BCUT2D eigenvalue weighted by Crippen LogP contribution is -2.32. The number of fused-ring (bicyclic) bond motifs is 1. The molecule has 34 heavy (non-hydrogen) atoms. The van der Waals surface area contributed by atoms with E-state index in [2.05, 4.69) is 5.32 Å². The van der Waals surface area contributed by atoms with Crippen LogP contribution in [0.25, 0.3) is 16.6 Å². The number of carbonyl (C=O) groups excluding carboxylic acids is 1. The molecular formula is C24H26N4O4S2. The van der Waals surface area contributed by atoms with Gasteiger partial charge in [0.05, 0.1) is 26.7 Å². The van der Waals surface area contributed by atoms with Gasteiger partial charge in [0.1, 0.15) is 0 Å². The lowest BCUT2D eigenvalue weighted by molar-refractivity contribution is -0.120. The minimum absolute atomic E-state index is 0.0678. The van der Waals surface area contributed by atoms with E-state index in [1.165, 1.54) is 26.7 Å². The third-order valence-corrected chi connectivity index (χ3v) is 9.37. The lowest BCUT2D eigenvalue weighted by Gasteiger charge is -2.19. The summed E-state index contributed by atoms with van der Waals surface area (Å²) in [5, 5.41) is 3.36. The van der Waals surface area contributed by atoms with E-state index in [9.17, 15) is 18.0 Å². The molecule has 2 fully saturated rings. The number of para-hydroxylation sites is 1. The average Bonchev–Trinajstić information content (AvgIpc) is 3.32. The van der Waals surface area contributed by atoms with Gasteiger partial charge in [-0.25, -0.2) is 13.4 Å². The highest BCUT2D eigenvalue weighted by Gasteiger charge is 2.29. The minimum atomic E-state index is -3.65. The second-order valence-corrected chi connectivity index (χ2v) is 11.7. The number of amides is 1. The van der Waals surface area contributed by atoms with Crippen molar-refractivity contribution in [2.24, 2.45) is 0 Å². The summed E-state index contributed by atoms with van der Waals surface area (Å²) in [6.45, 7) is 1.65. The number of carbonyl (C=O) groups is 1. The number of thioether (sulfide) groups is 1. The summed E-state index contributed by atoms with van der Waals surface area (Å²) >= 11 is 1.26. The fourth-order valence-corrected chi connectivity index (χ4v) is 7.16. The van der Waals surface area contributed by atoms with Gasteiger partial charge < -0.3 is 5.32 Å². The standard InChI is InChI=1S/C24H26N4O4S2/c29-22-21(12-3-4-13-25-22)33-24-26-20-11-2-1-10-19(20)23(30)28(24)17-8-7-9-18(16-17)34(31,32)27-14-5-6-15-27/h1-2,7-11,16,21H,3-6,12-15H2,(H,25,29)/t21-/m1/s1. The summed E-state index contributed by atoms with van der Waals surface area (Å²) < 4.78 is 29.2. The molecule has 2 aliphatic heterocycles. The molecule has 1 aromatic heterocycles. The second kappa shape index (κ2) is 9.52. The Kier molecular flexibility index (Phi) is 6.46. The zero-order chi connectivity index (χ0) is 23.7. The van der Waals surface area contributed by atoms with Gasteiger partial charge in [0.25, 0.3) is 5.56 Å². The zero-order valence-corrected chi connectivity index (χ0v) is 20.3. The van der Waals surface area contributed by atoms with Gasteiger partial charge >= 0.3 is 0 Å². The summed E-state index contributed by atoms with van der Waals surface area (Å²) in [5.74, 6) is -0.0678. The third-order valence-electron chi connectivity index (χ3n) is 6.26. The first-order chi connectivity index (χ1) is 16.4. The second-order valence-electron chi connectivity index (χ2n) is 8.55. The molecule has 1 atom stereocenters. The van der Waals surface area contributed by atoms with E-state index < -0.39 is 10.0 Å². The molecule has 1 N–H and O–H groups in total. The van der Waals surface area contributed by atoms with Crippen molar-refractivity contribution >= 4 is 38.6 Å². The maximum atomic E-state index is 13.6. The number of hydrogen-bond acceptors (Lipinski definition) is 6. The van der Waals surface area contributed by atoms with E-state index >= 15 is 0 Å². The Morgan fingerprint density at radius 1 is 0.971 bits per heavy atom. The summed E-state index contributed by atoms with van der Waals surface area (Å²) in [7, 11) is -3.65. The number of benzene rings is 2. The number of hydrogen-bond donors (Lipinski definition) is 1. The molecule has 0 unspecified atom stereocenters. The third kappa shape index (κ3) is 4.37. The van der Waals surface area contributed by atoms with Crippen molar-refractivity contribution in [3.05, 3.63) is 58.9 Å². The van der Waals surface area contributed by atoms with Crippen molar-refractivity contribution in [3.63, 3.8) is 0 Å². The molecule has 8 nitrogen and oxygen atoms in total. The van der Waals surface area contributed by atoms with E-state index in [1.807, 2.05) is 6.07 Å². The first-order valence-corrected chi connectivity index (χ1v) is 13.8. The fraction of sp³-hybridized carbons (Fsp3) is 0.375. The van der Waals surface area contributed by atoms with Crippen LogP contribution in [0.4, 0.5) is 0 Å². The molecule has 0 bridgehead atoms. The van der Waals surface area contributed by atoms with E-state index in [-0.39, 0.29) is 21.6 Å². The fourth-order valence-electron chi connectivity index (χ4n) is 4.43. The van der Waals surface area contributed by atoms with Crippen LogP contribution in [-0.2, 0) is 14.8 Å². The van der Waals surface area contributed by atoms with Gasteiger partial charge in [0.2, 0.25) is 15.9 Å². The highest BCUT2D eigenvalue weighted by Crippen LogP contribution is 2.30. The molecule has 0 spiro atoms. The van der Waals surface area contributed by atoms with Gasteiger partial charge in [-0.05, 0) is 56.0 Å². The Hall–Kier alpha value is -2.69. The van der Waals surface area contributed by atoms with Crippen molar-refractivity contribution in [1.29, 1.82) is 0 Å². The zero-order valence-electron chi connectivity index (χ0n) is 18.6. The van der Waals surface area contributed by atoms with E-state index in [0.29, 0.717) is 47.8 Å². The Morgan fingerprint density at radius 2 is 1.76 bits per heavy atom. The van der Waals surface area contributed by atoms with E-state index in [1.54, 1.807) is 36.4 Å². The number of rotatable bonds is 5. The van der Waals surface area contributed by atoms with Gasteiger partial charge in [-0.3, -0.25) is 14.2 Å². The first kappa shape index (κ1) is 23.1. The Bertz CT molecular complexity index is 1400. The predicted molar refractivity (Wildman–Crippen MR) is 132 cm³/mol. The van der Waals surface area contributed by atoms with Gasteiger partial charge in [-0.2, -0.15) is 4.31 Å². The van der Waals surface area contributed by atoms with Crippen molar-refractivity contribution in [2.45, 2.75) is 47.4 Å². The molecule has 1 amide bonds. The molecule has 10 heteroatoms. The molecule has 5 rings (SSSR count). The predicted octanol–water partition coefficient (Wildman–Crippen LogP) is 2.93. The van der Waals surface area contributed by atoms with Crippen LogP contribution in [0.1, 0.15) is 32.1 Å². The van der Waals surface area contributed by atoms with Crippen LogP contribution in [0, 0.1) is 0 Å². The summed E-state index contributed by atoms with van der Waals surface area (Å²) in [6.07, 6.45) is 4.19. The van der Waals surface area contributed by atoms with E-state index in [0.717, 1.165) is 25.7 Å². The van der Waals surface area contributed by atoms with Gasteiger partial charge in [-0.1, -0.05) is 36.4 Å². The molecule has 178 valence electrons. The molecular weight excluding hydrogens is 472 g/mol. The summed E-state index contributed by atoms with van der Waals surface area (Å²) in [6, 6.07) is 13.5. The number of aromatic nitrogens is 2. The van der Waals surface area contributed by atoms with Gasteiger partial charge in [-0.15, -0.1) is 0 Å². The summed E-state index contributed by atoms with van der Waals surface area (Å²) in [5.41, 5.74) is 0.666. The van der Waals surface area contributed by atoms with Crippen LogP contribution in [0.3, 0.4) is 0 Å². The van der Waals surface area contributed by atoms with Crippen LogP contribution in [0.15, 0.2) is 63.4 Å². The largest absolute Gasteiger partial charge is 0.355 e. The van der Waals surface area contributed by atoms with Gasteiger partial charge in [0.15, 0.2) is 5.16 Å². The monoisotopic (exact) mass is 498 g/mol. The highest BCUT2D eigenvalue weighted by molar-refractivity contribution is 8.00. The average molecular weight is 499 g/mol. The minimum Gasteiger partial charge on any atom is -0.355 e. The maximum Gasteiger partial charge on any atom is 0.266 e. The van der Waals surface area contributed by atoms with Crippen LogP contribution in [0.5, 0.6) is 0 Å². The molecule has 3 aromatic rings. The molecule has 0 saturated carbocycles. The van der Waals surface area contributed by atoms with Crippen molar-refractivity contribution in [1.82, 2.24) is 19.2 Å². The van der Waals surface area contributed by atoms with Gasteiger partial charge in [0, 0.05) is 19.6 Å². The van der Waals surface area contributed by atoms with E-state index in [4.69, 9.17) is 4.98 Å². The Balaban J connectivity index is 1.64. The molecule has 3 heterocycles. The van der Waals surface area contributed by atoms with Crippen molar-refractivity contribution in [3.8, 4) is 5.69 Å². The SMILES string of the molecule is O=C1NCCCC[C@H]1Sc1nc2ccccc2c(=O)n1-c1cccc(S(=O)(=O)N2CCCC2)c1. The maximum absolute atomic E-state index is 13.6. The molecule has 2 aromatic carbocycles. The number of nitrogens with zero attached hydrogens (tertiary/aromatic N) is 3. The lowest BCUT2D eigenvalue weighted by atomic mass is 10.2. The Morgan fingerprint density at radius 3 is 2.59 bits per heavy atom. The smallest absolute Gasteiger partial charge is 0.266 e. The first-order valence-electron chi connectivity index (χ1n) is 11.5. The molecule has 0 aliphatic carbocycles. The Labute approximate surface area is 202 Å². The number of sulfonamides is 1.